The van der Waals surface area contributed by atoms with Crippen LogP contribution in [-0.2, 0) is 19.5 Å². The Morgan fingerprint density at radius 2 is 2.11 bits per heavy atom. The predicted octanol–water partition coefficient (Wildman–Crippen LogP) is 1.33. The fraction of sp³-hybridized carbons (Fsp3) is 0.286. The lowest BCUT2D eigenvalue weighted by molar-refractivity contribution is 0.240. The Bertz CT molecular complexity index is 591. The van der Waals surface area contributed by atoms with Crippen molar-refractivity contribution in [3.63, 3.8) is 0 Å². The first kappa shape index (κ1) is 11.2. The number of hydrogen-bond acceptors (Lipinski definition) is 3. The van der Waals surface area contributed by atoms with E-state index in [-0.39, 0.29) is 5.56 Å². The molecule has 0 fully saturated rings. The Labute approximate surface area is 105 Å². The molecule has 92 valence electrons. The van der Waals surface area contributed by atoms with Gasteiger partial charge in [-0.1, -0.05) is 30.3 Å². The first-order valence-corrected chi connectivity index (χ1v) is 6.14. The second-order valence-corrected chi connectivity index (χ2v) is 4.60. The molecule has 0 unspecified atom stereocenters. The van der Waals surface area contributed by atoms with Crippen LogP contribution in [0.3, 0.4) is 0 Å². The maximum absolute atomic E-state index is 11.6. The number of nitrogens with one attached hydrogen (secondary N) is 1. The molecule has 18 heavy (non-hydrogen) atoms. The van der Waals surface area contributed by atoms with Gasteiger partial charge in [-0.05, 0) is 12.0 Å². The maximum Gasteiger partial charge on any atom is 0.254 e. The van der Waals surface area contributed by atoms with Crippen LogP contribution in [0.5, 0.6) is 0 Å². The number of benzene rings is 1. The first-order valence-electron chi connectivity index (χ1n) is 6.14. The molecule has 1 N–H and O–H groups in total. The second-order valence-electron chi connectivity index (χ2n) is 4.60. The van der Waals surface area contributed by atoms with Crippen molar-refractivity contribution in [2.24, 2.45) is 0 Å². The number of hydrogen-bond donors (Lipinski definition) is 1. The van der Waals surface area contributed by atoms with Crippen molar-refractivity contribution < 1.29 is 0 Å². The Kier molecular flexibility index (Phi) is 2.94. The van der Waals surface area contributed by atoms with Crippen LogP contribution in [0.4, 0.5) is 0 Å². The summed E-state index contributed by atoms with van der Waals surface area (Å²) in [5.74, 6) is 0. The van der Waals surface area contributed by atoms with E-state index < -0.39 is 0 Å². The summed E-state index contributed by atoms with van der Waals surface area (Å²) in [4.78, 5) is 20.9. The molecule has 0 saturated heterocycles. The van der Waals surface area contributed by atoms with E-state index in [1.54, 1.807) is 0 Å². The molecule has 0 spiro atoms. The normalized spacial score (nSPS) is 15.3. The fourth-order valence-corrected chi connectivity index (χ4v) is 2.40. The van der Waals surface area contributed by atoms with Crippen LogP contribution in [0.25, 0.3) is 0 Å². The predicted molar refractivity (Wildman–Crippen MR) is 69.1 cm³/mol. The maximum atomic E-state index is 11.6. The molecule has 0 amide bonds. The fourth-order valence-electron chi connectivity index (χ4n) is 2.40. The zero-order valence-corrected chi connectivity index (χ0v) is 10.1. The summed E-state index contributed by atoms with van der Waals surface area (Å²) in [5.41, 5.74) is 3.08. The molecule has 3 rings (SSSR count). The Balaban J connectivity index is 1.78. The van der Waals surface area contributed by atoms with Crippen LogP contribution in [0, 0.1) is 0 Å². The number of aromatic amines is 1. The molecule has 1 aliphatic rings. The van der Waals surface area contributed by atoms with Gasteiger partial charge in [0.05, 0.1) is 12.0 Å². The number of rotatable bonds is 2. The third-order valence-corrected chi connectivity index (χ3v) is 3.34. The molecule has 1 aliphatic heterocycles. The number of nitrogens with zero attached hydrogens (tertiary/aromatic N) is 2. The SMILES string of the molecule is O=c1[nH]cnc2c1CCN(Cc1ccccc1)C2. The van der Waals surface area contributed by atoms with E-state index in [2.05, 4.69) is 39.1 Å². The van der Waals surface area contributed by atoms with E-state index in [1.165, 1.54) is 11.9 Å². The molecular formula is C14H15N3O. The Morgan fingerprint density at radius 3 is 2.94 bits per heavy atom. The molecule has 0 saturated carbocycles. The van der Waals surface area contributed by atoms with Gasteiger partial charge in [0.2, 0.25) is 0 Å². The minimum atomic E-state index is 0.0133. The van der Waals surface area contributed by atoms with E-state index in [9.17, 15) is 4.79 Å². The molecule has 4 nitrogen and oxygen atoms in total. The van der Waals surface area contributed by atoms with E-state index in [1.807, 2.05) is 6.07 Å². The molecule has 0 atom stereocenters. The summed E-state index contributed by atoms with van der Waals surface area (Å²) in [6, 6.07) is 10.4. The van der Waals surface area contributed by atoms with Crippen LogP contribution in [0.15, 0.2) is 41.5 Å². The quantitative estimate of drug-likeness (QED) is 0.863. The van der Waals surface area contributed by atoms with Crippen molar-refractivity contribution in [3.05, 3.63) is 63.8 Å². The summed E-state index contributed by atoms with van der Waals surface area (Å²) in [5, 5.41) is 0. The minimum Gasteiger partial charge on any atom is -0.313 e. The van der Waals surface area contributed by atoms with Crippen molar-refractivity contribution >= 4 is 0 Å². The molecule has 1 aromatic carbocycles. The third-order valence-electron chi connectivity index (χ3n) is 3.34. The van der Waals surface area contributed by atoms with Gasteiger partial charge in [-0.3, -0.25) is 9.69 Å². The largest absolute Gasteiger partial charge is 0.313 e. The van der Waals surface area contributed by atoms with Crippen molar-refractivity contribution in [2.75, 3.05) is 6.54 Å². The molecule has 0 radical (unpaired) electrons. The van der Waals surface area contributed by atoms with Crippen LogP contribution < -0.4 is 5.56 Å². The highest BCUT2D eigenvalue weighted by molar-refractivity contribution is 5.20. The molecule has 0 bridgehead atoms. The zero-order valence-electron chi connectivity index (χ0n) is 10.1. The minimum absolute atomic E-state index is 0.0133. The van der Waals surface area contributed by atoms with Crippen LogP contribution in [0.2, 0.25) is 0 Å². The number of aromatic nitrogens is 2. The summed E-state index contributed by atoms with van der Waals surface area (Å²) in [6.07, 6.45) is 2.28. The summed E-state index contributed by atoms with van der Waals surface area (Å²) >= 11 is 0. The lowest BCUT2D eigenvalue weighted by Gasteiger charge is -2.27. The van der Waals surface area contributed by atoms with E-state index >= 15 is 0 Å². The summed E-state index contributed by atoms with van der Waals surface area (Å²) < 4.78 is 0. The number of H-pyrrole nitrogens is 1. The third kappa shape index (κ3) is 2.19. The second kappa shape index (κ2) is 4.74. The van der Waals surface area contributed by atoms with Gasteiger partial charge in [0.25, 0.3) is 5.56 Å². The van der Waals surface area contributed by atoms with Crippen LogP contribution in [0.1, 0.15) is 16.8 Å². The standard InChI is InChI=1S/C14H15N3O/c18-14-12-6-7-17(9-13(12)15-10-16-14)8-11-4-2-1-3-5-11/h1-5,10H,6-9H2,(H,15,16,18). The van der Waals surface area contributed by atoms with Crippen LogP contribution >= 0.6 is 0 Å². The van der Waals surface area contributed by atoms with Crippen LogP contribution in [-0.4, -0.2) is 21.4 Å². The molecular weight excluding hydrogens is 226 g/mol. The molecule has 1 aromatic heterocycles. The number of fused-ring (bicyclic) bond motifs is 1. The highest BCUT2D eigenvalue weighted by Gasteiger charge is 2.19. The van der Waals surface area contributed by atoms with Gasteiger partial charge in [0.1, 0.15) is 0 Å². The van der Waals surface area contributed by atoms with Gasteiger partial charge < -0.3 is 4.98 Å². The topological polar surface area (TPSA) is 49.0 Å². The molecule has 0 aliphatic carbocycles. The molecule has 2 heterocycles. The van der Waals surface area contributed by atoms with Crippen molar-refractivity contribution in [2.45, 2.75) is 19.5 Å². The lowest BCUT2D eigenvalue weighted by Crippen LogP contribution is -2.34. The van der Waals surface area contributed by atoms with Gasteiger partial charge in [0, 0.05) is 25.2 Å². The highest BCUT2D eigenvalue weighted by atomic mass is 16.1. The van der Waals surface area contributed by atoms with E-state index in [0.29, 0.717) is 0 Å². The average molecular weight is 241 g/mol. The van der Waals surface area contributed by atoms with Gasteiger partial charge in [0.15, 0.2) is 0 Å². The first-order chi connectivity index (χ1) is 8.83. The summed E-state index contributed by atoms with van der Waals surface area (Å²) in [7, 11) is 0. The summed E-state index contributed by atoms with van der Waals surface area (Å²) in [6.45, 7) is 2.58. The highest BCUT2D eigenvalue weighted by Crippen LogP contribution is 2.15. The van der Waals surface area contributed by atoms with E-state index in [4.69, 9.17) is 0 Å². The lowest BCUT2D eigenvalue weighted by atomic mass is 10.1. The van der Waals surface area contributed by atoms with Crippen molar-refractivity contribution in [3.8, 4) is 0 Å². The monoisotopic (exact) mass is 241 g/mol. The van der Waals surface area contributed by atoms with Gasteiger partial charge in [-0.15, -0.1) is 0 Å². The zero-order chi connectivity index (χ0) is 12.4. The smallest absolute Gasteiger partial charge is 0.254 e. The van der Waals surface area contributed by atoms with Gasteiger partial charge in [-0.2, -0.15) is 0 Å². The molecule has 2 aromatic rings. The average Bonchev–Trinajstić information content (AvgIpc) is 2.40. The van der Waals surface area contributed by atoms with Gasteiger partial charge in [-0.25, -0.2) is 4.98 Å². The van der Waals surface area contributed by atoms with Gasteiger partial charge >= 0.3 is 0 Å². The Morgan fingerprint density at radius 1 is 1.28 bits per heavy atom. The molecule has 4 heteroatoms. The Hall–Kier alpha value is -1.94. The van der Waals surface area contributed by atoms with Crippen molar-refractivity contribution in [1.82, 2.24) is 14.9 Å². The van der Waals surface area contributed by atoms with E-state index in [0.717, 1.165) is 37.3 Å². The van der Waals surface area contributed by atoms with Crippen molar-refractivity contribution in [1.29, 1.82) is 0 Å².